The maximum Gasteiger partial charge on any atom is 0.310 e. The Balaban J connectivity index is 1.76. The van der Waals surface area contributed by atoms with Gasteiger partial charge in [0.1, 0.15) is 0 Å². The number of nitrogens with zero attached hydrogens (tertiary/aromatic N) is 4. The van der Waals surface area contributed by atoms with E-state index in [9.17, 15) is 9.59 Å². The summed E-state index contributed by atoms with van der Waals surface area (Å²) in [6.45, 7) is 5.07. The molecular weight excluding hydrogens is 296 g/mol. The van der Waals surface area contributed by atoms with E-state index < -0.39 is 0 Å². The van der Waals surface area contributed by atoms with Crippen molar-refractivity contribution in [3.8, 4) is 0 Å². The molecule has 0 spiro atoms. The van der Waals surface area contributed by atoms with Crippen LogP contribution in [0.2, 0.25) is 0 Å². The van der Waals surface area contributed by atoms with Crippen molar-refractivity contribution in [1.29, 1.82) is 0 Å². The molecule has 0 N–H and O–H groups in total. The van der Waals surface area contributed by atoms with Crippen molar-refractivity contribution in [2.75, 3.05) is 19.7 Å². The summed E-state index contributed by atoms with van der Waals surface area (Å²) in [5.41, 5.74) is 2.04. The Labute approximate surface area is 134 Å². The number of esters is 1. The average molecular weight is 316 g/mol. The number of aryl methyl sites for hydroxylation is 1. The van der Waals surface area contributed by atoms with Crippen LogP contribution < -0.4 is 0 Å². The summed E-state index contributed by atoms with van der Waals surface area (Å²) in [7, 11) is 0. The summed E-state index contributed by atoms with van der Waals surface area (Å²) in [6.07, 6.45) is 4.81. The van der Waals surface area contributed by atoms with Crippen molar-refractivity contribution in [2.24, 2.45) is 5.92 Å². The van der Waals surface area contributed by atoms with Crippen LogP contribution in [-0.4, -0.2) is 51.1 Å². The minimum Gasteiger partial charge on any atom is -0.466 e. The molecule has 0 aliphatic carbocycles. The zero-order valence-corrected chi connectivity index (χ0v) is 13.4. The molecule has 1 aliphatic rings. The van der Waals surface area contributed by atoms with Crippen molar-refractivity contribution >= 4 is 17.5 Å². The number of carbonyl (C=O) groups is 2. The molecule has 0 aromatic carbocycles. The standard InChI is InChI=1S/C16H20N4O3/c1-3-23-16(22)12-5-4-6-19(9-12)15(21)13-8-17-14-7-11(2)18-20(14)10-13/h7-8,10,12H,3-6,9H2,1-2H3. The van der Waals surface area contributed by atoms with Gasteiger partial charge in [-0.2, -0.15) is 5.10 Å². The number of piperidine rings is 1. The molecule has 2 aromatic heterocycles. The number of likely N-dealkylation sites (tertiary alicyclic amines) is 1. The second-order valence-electron chi connectivity index (χ2n) is 5.77. The van der Waals surface area contributed by atoms with E-state index in [4.69, 9.17) is 4.74 Å². The lowest BCUT2D eigenvalue weighted by molar-refractivity contribution is -0.149. The van der Waals surface area contributed by atoms with Gasteiger partial charge in [0.05, 0.1) is 23.8 Å². The van der Waals surface area contributed by atoms with Crippen LogP contribution in [0.1, 0.15) is 35.8 Å². The normalized spacial score (nSPS) is 18.2. The number of amides is 1. The average Bonchev–Trinajstić information content (AvgIpc) is 2.93. The Morgan fingerprint density at radius 2 is 2.26 bits per heavy atom. The van der Waals surface area contributed by atoms with Crippen LogP contribution in [-0.2, 0) is 9.53 Å². The van der Waals surface area contributed by atoms with E-state index in [2.05, 4.69) is 10.1 Å². The zero-order valence-electron chi connectivity index (χ0n) is 13.4. The predicted molar refractivity (Wildman–Crippen MR) is 83.0 cm³/mol. The van der Waals surface area contributed by atoms with E-state index in [1.165, 1.54) is 0 Å². The number of hydrogen-bond acceptors (Lipinski definition) is 5. The quantitative estimate of drug-likeness (QED) is 0.801. The highest BCUT2D eigenvalue weighted by molar-refractivity contribution is 5.94. The Kier molecular flexibility index (Phi) is 4.27. The first-order valence-corrected chi connectivity index (χ1v) is 7.86. The van der Waals surface area contributed by atoms with Crippen molar-refractivity contribution in [3.63, 3.8) is 0 Å². The summed E-state index contributed by atoms with van der Waals surface area (Å²) in [5, 5.41) is 4.28. The topological polar surface area (TPSA) is 76.8 Å². The molecular formula is C16H20N4O3. The number of aromatic nitrogens is 3. The Bertz CT molecular complexity index is 740. The predicted octanol–water partition coefficient (Wildman–Crippen LogP) is 1.45. The molecule has 3 rings (SSSR count). The molecule has 1 fully saturated rings. The molecule has 0 radical (unpaired) electrons. The number of carbonyl (C=O) groups excluding carboxylic acids is 2. The first-order valence-electron chi connectivity index (χ1n) is 7.86. The SMILES string of the molecule is CCOC(=O)C1CCCN(C(=O)c2cnc3cc(C)nn3c2)C1. The van der Waals surface area contributed by atoms with Crippen LogP contribution in [0, 0.1) is 12.8 Å². The molecule has 1 amide bonds. The minimum absolute atomic E-state index is 0.124. The van der Waals surface area contributed by atoms with Crippen molar-refractivity contribution in [1.82, 2.24) is 19.5 Å². The van der Waals surface area contributed by atoms with Crippen LogP contribution >= 0.6 is 0 Å². The molecule has 7 nitrogen and oxygen atoms in total. The number of ether oxygens (including phenoxy) is 1. The van der Waals surface area contributed by atoms with Crippen molar-refractivity contribution < 1.29 is 14.3 Å². The summed E-state index contributed by atoms with van der Waals surface area (Å²) in [5.74, 6) is -0.584. The summed E-state index contributed by atoms with van der Waals surface area (Å²) in [4.78, 5) is 30.5. The largest absolute Gasteiger partial charge is 0.466 e. The fraction of sp³-hybridized carbons (Fsp3) is 0.500. The van der Waals surface area contributed by atoms with Gasteiger partial charge in [-0.25, -0.2) is 9.50 Å². The third kappa shape index (κ3) is 3.18. The maximum absolute atomic E-state index is 12.7. The van der Waals surface area contributed by atoms with Crippen molar-refractivity contribution in [2.45, 2.75) is 26.7 Å². The van der Waals surface area contributed by atoms with Crippen LogP contribution in [0.3, 0.4) is 0 Å². The first-order chi connectivity index (χ1) is 11.1. The van der Waals surface area contributed by atoms with E-state index in [-0.39, 0.29) is 17.8 Å². The van der Waals surface area contributed by atoms with Crippen LogP contribution in [0.25, 0.3) is 5.65 Å². The summed E-state index contributed by atoms with van der Waals surface area (Å²) in [6, 6.07) is 1.85. The highest BCUT2D eigenvalue weighted by atomic mass is 16.5. The van der Waals surface area contributed by atoms with Crippen LogP contribution in [0.4, 0.5) is 0 Å². The van der Waals surface area contributed by atoms with Gasteiger partial charge in [0.15, 0.2) is 5.65 Å². The Morgan fingerprint density at radius 1 is 1.43 bits per heavy atom. The maximum atomic E-state index is 12.7. The first kappa shape index (κ1) is 15.5. The van der Waals surface area contributed by atoms with Gasteiger partial charge in [0, 0.05) is 31.5 Å². The van der Waals surface area contributed by atoms with Crippen molar-refractivity contribution in [3.05, 3.63) is 29.7 Å². The van der Waals surface area contributed by atoms with E-state index >= 15 is 0 Å². The molecule has 1 saturated heterocycles. The molecule has 1 atom stereocenters. The lowest BCUT2D eigenvalue weighted by atomic mass is 9.98. The molecule has 3 heterocycles. The van der Waals surface area contributed by atoms with Gasteiger partial charge < -0.3 is 9.64 Å². The molecule has 7 heteroatoms. The molecule has 122 valence electrons. The molecule has 0 bridgehead atoms. The molecule has 1 aliphatic heterocycles. The van der Waals surface area contributed by atoms with Gasteiger partial charge in [-0.15, -0.1) is 0 Å². The van der Waals surface area contributed by atoms with E-state index in [0.717, 1.165) is 18.5 Å². The fourth-order valence-electron chi connectivity index (χ4n) is 2.90. The number of hydrogen-bond donors (Lipinski definition) is 0. The van der Waals surface area contributed by atoms with Crippen LogP contribution in [0.15, 0.2) is 18.5 Å². The second-order valence-corrected chi connectivity index (χ2v) is 5.77. The molecule has 1 unspecified atom stereocenters. The fourth-order valence-corrected chi connectivity index (χ4v) is 2.90. The highest BCUT2D eigenvalue weighted by Crippen LogP contribution is 2.20. The van der Waals surface area contributed by atoms with Gasteiger partial charge in [0.2, 0.25) is 0 Å². The van der Waals surface area contributed by atoms with Gasteiger partial charge in [-0.1, -0.05) is 0 Å². The second kappa shape index (κ2) is 6.36. The van der Waals surface area contributed by atoms with Gasteiger partial charge >= 0.3 is 5.97 Å². The van der Waals surface area contributed by atoms with E-state index in [1.54, 1.807) is 28.7 Å². The summed E-state index contributed by atoms with van der Waals surface area (Å²) < 4.78 is 6.68. The number of rotatable bonds is 3. The molecule has 2 aromatic rings. The Hall–Kier alpha value is -2.44. The monoisotopic (exact) mass is 316 g/mol. The smallest absolute Gasteiger partial charge is 0.310 e. The highest BCUT2D eigenvalue weighted by Gasteiger charge is 2.30. The van der Waals surface area contributed by atoms with E-state index in [0.29, 0.717) is 30.9 Å². The van der Waals surface area contributed by atoms with E-state index in [1.807, 2.05) is 13.0 Å². The van der Waals surface area contributed by atoms with Gasteiger partial charge in [0.25, 0.3) is 5.91 Å². The molecule has 0 saturated carbocycles. The molecule has 23 heavy (non-hydrogen) atoms. The minimum atomic E-state index is -0.240. The third-order valence-corrected chi connectivity index (χ3v) is 4.01. The van der Waals surface area contributed by atoms with Gasteiger partial charge in [-0.3, -0.25) is 9.59 Å². The zero-order chi connectivity index (χ0) is 16.4. The number of fused-ring (bicyclic) bond motifs is 1. The van der Waals surface area contributed by atoms with Gasteiger partial charge in [-0.05, 0) is 26.7 Å². The third-order valence-electron chi connectivity index (χ3n) is 4.01. The Morgan fingerprint density at radius 3 is 3.04 bits per heavy atom. The lowest BCUT2D eigenvalue weighted by Gasteiger charge is -2.31. The lowest BCUT2D eigenvalue weighted by Crippen LogP contribution is -2.42. The van der Waals surface area contributed by atoms with Crippen LogP contribution in [0.5, 0.6) is 0 Å². The summed E-state index contributed by atoms with van der Waals surface area (Å²) >= 11 is 0.